The Labute approximate surface area is 224 Å². The second kappa shape index (κ2) is 11.9. The maximum absolute atomic E-state index is 13.4. The van der Waals surface area contributed by atoms with Crippen LogP contribution in [-0.2, 0) is 14.3 Å². The van der Waals surface area contributed by atoms with E-state index in [9.17, 15) is 19.5 Å². The van der Waals surface area contributed by atoms with Gasteiger partial charge in [-0.1, -0.05) is 66.8 Å². The fourth-order valence-corrected chi connectivity index (χ4v) is 5.02. The summed E-state index contributed by atoms with van der Waals surface area (Å²) >= 11 is 0.975. The van der Waals surface area contributed by atoms with Crippen LogP contribution in [0.5, 0.6) is 5.75 Å². The molecule has 1 unspecified atom stereocenters. The van der Waals surface area contributed by atoms with E-state index in [1.165, 1.54) is 11.0 Å². The first-order valence-corrected chi connectivity index (χ1v) is 13.1. The lowest BCUT2D eigenvalue weighted by molar-refractivity contribution is -0.117. The molecule has 0 bridgehead atoms. The van der Waals surface area contributed by atoms with Crippen molar-refractivity contribution >= 4 is 40.2 Å². The SMILES string of the molecule is CCCOc1ccc(C2C(C(=O)C=Cc3ccccc3)=C(O)C(=O)N2c2nc(C)c(C(=O)OCC)s2)cc1. The Kier molecular flexibility index (Phi) is 8.38. The fraction of sp³-hybridized carbons (Fsp3) is 0.241. The van der Waals surface area contributed by atoms with Crippen LogP contribution in [0.1, 0.15) is 52.8 Å². The van der Waals surface area contributed by atoms with E-state index in [0.29, 0.717) is 23.6 Å². The van der Waals surface area contributed by atoms with Crippen molar-refractivity contribution in [2.75, 3.05) is 18.1 Å². The number of allylic oxidation sites excluding steroid dienone is 1. The van der Waals surface area contributed by atoms with E-state index in [4.69, 9.17) is 9.47 Å². The van der Waals surface area contributed by atoms with Gasteiger partial charge in [0.15, 0.2) is 16.7 Å². The van der Waals surface area contributed by atoms with Crippen LogP contribution in [-0.4, -0.2) is 41.0 Å². The van der Waals surface area contributed by atoms with Crippen molar-refractivity contribution in [3.05, 3.63) is 93.7 Å². The van der Waals surface area contributed by atoms with Crippen LogP contribution < -0.4 is 9.64 Å². The number of aliphatic hydroxyl groups excluding tert-OH is 1. The first-order valence-electron chi connectivity index (χ1n) is 12.3. The first-order chi connectivity index (χ1) is 18.3. The zero-order chi connectivity index (χ0) is 27.2. The number of ketones is 1. The molecular weight excluding hydrogens is 504 g/mol. The summed E-state index contributed by atoms with van der Waals surface area (Å²) in [7, 11) is 0. The number of aliphatic hydroxyl groups is 1. The quantitative estimate of drug-likeness (QED) is 0.268. The summed E-state index contributed by atoms with van der Waals surface area (Å²) in [6.07, 6.45) is 3.81. The molecule has 9 heteroatoms. The number of esters is 1. The van der Waals surface area contributed by atoms with E-state index in [1.54, 1.807) is 44.2 Å². The Bertz CT molecular complexity index is 1390. The van der Waals surface area contributed by atoms with E-state index >= 15 is 0 Å². The summed E-state index contributed by atoms with van der Waals surface area (Å²) in [6.45, 7) is 6.09. The number of benzene rings is 2. The Morgan fingerprint density at radius 3 is 2.47 bits per heavy atom. The highest BCUT2D eigenvalue weighted by Gasteiger charge is 2.45. The van der Waals surface area contributed by atoms with Crippen LogP contribution in [0.3, 0.4) is 0 Å². The summed E-state index contributed by atoms with van der Waals surface area (Å²) in [6, 6.07) is 15.3. The average Bonchev–Trinajstić information content (AvgIpc) is 3.43. The standard InChI is InChI=1S/C29H28N2O6S/c1-4-17-37-21-14-12-20(13-15-21)24-23(22(32)16-11-19-9-7-6-8-10-19)25(33)27(34)31(24)29-30-18(3)26(38-29)28(35)36-5-2/h6-16,24,33H,4-5,17H2,1-3H3. The van der Waals surface area contributed by atoms with Crippen LogP contribution in [0.2, 0.25) is 0 Å². The van der Waals surface area contributed by atoms with Gasteiger partial charge in [-0.25, -0.2) is 9.78 Å². The molecule has 1 aromatic heterocycles. The Morgan fingerprint density at radius 1 is 1.11 bits per heavy atom. The molecule has 0 aliphatic carbocycles. The summed E-state index contributed by atoms with van der Waals surface area (Å²) in [5.41, 5.74) is 1.69. The number of ether oxygens (including phenoxy) is 2. The predicted octanol–water partition coefficient (Wildman–Crippen LogP) is 5.60. The molecule has 196 valence electrons. The molecule has 0 saturated carbocycles. The molecule has 0 fully saturated rings. The molecule has 0 saturated heterocycles. The minimum Gasteiger partial charge on any atom is -0.503 e. The van der Waals surface area contributed by atoms with E-state index in [1.807, 2.05) is 37.3 Å². The van der Waals surface area contributed by atoms with Crippen molar-refractivity contribution < 1.29 is 29.0 Å². The Hall–Kier alpha value is -4.24. The van der Waals surface area contributed by atoms with Crippen molar-refractivity contribution in [2.24, 2.45) is 0 Å². The molecule has 0 spiro atoms. The topological polar surface area (TPSA) is 106 Å². The number of rotatable bonds is 10. The normalized spacial score (nSPS) is 15.4. The molecule has 1 amide bonds. The van der Waals surface area contributed by atoms with Gasteiger partial charge >= 0.3 is 5.97 Å². The van der Waals surface area contributed by atoms with Gasteiger partial charge in [0.2, 0.25) is 0 Å². The van der Waals surface area contributed by atoms with Gasteiger partial charge in [-0.3, -0.25) is 14.5 Å². The van der Waals surface area contributed by atoms with Crippen LogP contribution in [0.4, 0.5) is 5.13 Å². The second-order valence-electron chi connectivity index (χ2n) is 8.50. The number of carbonyl (C=O) groups is 3. The average molecular weight is 533 g/mol. The van der Waals surface area contributed by atoms with E-state index in [0.717, 1.165) is 23.3 Å². The monoisotopic (exact) mass is 532 g/mol. The van der Waals surface area contributed by atoms with Crippen molar-refractivity contribution in [3.8, 4) is 5.75 Å². The van der Waals surface area contributed by atoms with Gasteiger partial charge < -0.3 is 14.6 Å². The molecule has 2 heterocycles. The summed E-state index contributed by atoms with van der Waals surface area (Å²) in [5, 5.41) is 11.1. The molecule has 4 rings (SSSR count). The third-order valence-electron chi connectivity index (χ3n) is 5.82. The second-order valence-corrected chi connectivity index (χ2v) is 9.47. The molecule has 0 radical (unpaired) electrons. The van der Waals surface area contributed by atoms with E-state index in [-0.39, 0.29) is 22.2 Å². The lowest BCUT2D eigenvalue weighted by Gasteiger charge is -2.24. The van der Waals surface area contributed by atoms with Crippen molar-refractivity contribution in [2.45, 2.75) is 33.2 Å². The largest absolute Gasteiger partial charge is 0.503 e. The van der Waals surface area contributed by atoms with Crippen molar-refractivity contribution in [1.29, 1.82) is 0 Å². The molecule has 1 N–H and O–H groups in total. The highest BCUT2D eigenvalue weighted by Crippen LogP contribution is 2.43. The van der Waals surface area contributed by atoms with Crippen molar-refractivity contribution in [1.82, 2.24) is 4.98 Å². The highest BCUT2D eigenvalue weighted by molar-refractivity contribution is 7.17. The summed E-state index contributed by atoms with van der Waals surface area (Å²) in [5.74, 6) is -1.85. The van der Waals surface area contributed by atoms with Crippen molar-refractivity contribution in [3.63, 3.8) is 0 Å². The molecule has 8 nitrogen and oxygen atoms in total. The third kappa shape index (κ3) is 5.52. The Morgan fingerprint density at radius 2 is 1.82 bits per heavy atom. The number of hydrogen-bond donors (Lipinski definition) is 1. The smallest absolute Gasteiger partial charge is 0.350 e. The van der Waals surface area contributed by atoms with Crippen LogP contribution in [0, 0.1) is 6.92 Å². The summed E-state index contributed by atoms with van der Waals surface area (Å²) < 4.78 is 10.8. The zero-order valence-electron chi connectivity index (χ0n) is 21.3. The third-order valence-corrected chi connectivity index (χ3v) is 6.96. The lowest BCUT2D eigenvalue weighted by Crippen LogP contribution is -2.30. The molecular formula is C29H28N2O6S. The van der Waals surface area contributed by atoms with Gasteiger partial charge in [-0.15, -0.1) is 0 Å². The van der Waals surface area contributed by atoms with E-state index < -0.39 is 29.5 Å². The number of aryl methyl sites for hydroxylation is 1. The number of aromatic nitrogens is 1. The number of amides is 1. The van der Waals surface area contributed by atoms with Gasteiger partial charge in [0.05, 0.1) is 30.5 Å². The molecule has 38 heavy (non-hydrogen) atoms. The molecule has 1 aliphatic rings. The van der Waals surface area contributed by atoms with Gasteiger partial charge in [0, 0.05) is 0 Å². The molecule has 1 atom stereocenters. The predicted molar refractivity (Wildman–Crippen MR) is 145 cm³/mol. The number of thiazole rings is 1. The first kappa shape index (κ1) is 26.8. The Balaban J connectivity index is 1.76. The maximum Gasteiger partial charge on any atom is 0.350 e. The van der Waals surface area contributed by atoms with Gasteiger partial charge in [-0.2, -0.15) is 0 Å². The maximum atomic E-state index is 13.4. The van der Waals surface area contributed by atoms with Gasteiger partial charge in [-0.05, 0) is 49.6 Å². The minimum absolute atomic E-state index is 0.0741. The zero-order valence-corrected chi connectivity index (χ0v) is 22.2. The van der Waals surface area contributed by atoms with Crippen LogP contribution >= 0.6 is 11.3 Å². The number of anilines is 1. The molecule has 2 aromatic carbocycles. The number of nitrogens with zero attached hydrogens (tertiary/aromatic N) is 2. The highest BCUT2D eigenvalue weighted by atomic mass is 32.1. The lowest BCUT2D eigenvalue weighted by atomic mass is 9.95. The van der Waals surface area contributed by atoms with Crippen LogP contribution in [0.25, 0.3) is 6.08 Å². The van der Waals surface area contributed by atoms with Gasteiger partial charge in [0.1, 0.15) is 10.6 Å². The van der Waals surface area contributed by atoms with Crippen LogP contribution in [0.15, 0.2) is 72.0 Å². The minimum atomic E-state index is -0.962. The number of carbonyl (C=O) groups excluding carboxylic acids is 3. The summed E-state index contributed by atoms with van der Waals surface area (Å²) in [4.78, 5) is 45.1. The fourth-order valence-electron chi connectivity index (χ4n) is 4.03. The van der Waals surface area contributed by atoms with Gasteiger partial charge in [0.25, 0.3) is 5.91 Å². The number of hydrogen-bond acceptors (Lipinski definition) is 8. The molecule has 3 aromatic rings. The molecule has 1 aliphatic heterocycles. The van der Waals surface area contributed by atoms with E-state index in [2.05, 4.69) is 4.98 Å².